The summed E-state index contributed by atoms with van der Waals surface area (Å²) in [5.74, 6) is -0.218. The van der Waals surface area contributed by atoms with Crippen molar-refractivity contribution < 1.29 is 9.50 Å². The van der Waals surface area contributed by atoms with Gasteiger partial charge in [-0.3, -0.25) is 4.90 Å². The van der Waals surface area contributed by atoms with Gasteiger partial charge in [0.1, 0.15) is 5.82 Å². The van der Waals surface area contributed by atoms with Gasteiger partial charge in [-0.25, -0.2) is 9.07 Å². The Kier molecular flexibility index (Phi) is 3.91. The lowest BCUT2D eigenvalue weighted by atomic mass is 10.1. The van der Waals surface area contributed by atoms with E-state index >= 15 is 0 Å². The topological polar surface area (TPSA) is 41.3 Å². The molecule has 1 aromatic heterocycles. The summed E-state index contributed by atoms with van der Waals surface area (Å²) in [7, 11) is 0. The predicted molar refractivity (Wildman–Crippen MR) is 86.1 cm³/mol. The summed E-state index contributed by atoms with van der Waals surface area (Å²) >= 11 is 0. The van der Waals surface area contributed by atoms with Crippen molar-refractivity contribution in [2.45, 2.75) is 44.8 Å². The number of rotatable bonds is 3. The van der Waals surface area contributed by atoms with Crippen LogP contribution in [0.2, 0.25) is 0 Å². The summed E-state index contributed by atoms with van der Waals surface area (Å²) in [5.41, 5.74) is 4.74. The smallest absolute Gasteiger partial charge is 0.123 e. The van der Waals surface area contributed by atoms with Gasteiger partial charge in [0.2, 0.25) is 0 Å². The van der Waals surface area contributed by atoms with Crippen molar-refractivity contribution in [2.75, 3.05) is 13.1 Å². The van der Waals surface area contributed by atoms with Crippen molar-refractivity contribution in [1.82, 2.24) is 14.7 Å². The lowest BCUT2D eigenvalue weighted by Gasteiger charge is -2.28. The second kappa shape index (κ2) is 6.06. The van der Waals surface area contributed by atoms with Crippen molar-refractivity contribution in [1.29, 1.82) is 0 Å². The molecule has 4 rings (SSSR count). The number of hydrogen-bond acceptors (Lipinski definition) is 3. The zero-order chi connectivity index (χ0) is 15.8. The first-order chi connectivity index (χ1) is 11.2. The van der Waals surface area contributed by atoms with Crippen LogP contribution < -0.4 is 0 Å². The average Bonchev–Trinajstić information content (AvgIpc) is 3.14. The van der Waals surface area contributed by atoms with Crippen LogP contribution in [-0.4, -0.2) is 39.0 Å². The molecular formula is C18H22FN3O. The number of likely N-dealkylation sites (tertiary alicyclic amines) is 1. The maximum absolute atomic E-state index is 13.2. The Morgan fingerprint density at radius 2 is 1.87 bits per heavy atom. The van der Waals surface area contributed by atoms with E-state index in [2.05, 4.69) is 4.90 Å². The maximum atomic E-state index is 13.2. The van der Waals surface area contributed by atoms with Crippen LogP contribution >= 0.6 is 0 Å². The number of aliphatic hydroxyl groups excluding tert-OH is 1. The Balaban J connectivity index is 1.61. The van der Waals surface area contributed by atoms with Gasteiger partial charge in [-0.05, 0) is 61.9 Å². The minimum atomic E-state index is -0.218. The number of fused-ring (bicyclic) bond motifs is 1. The van der Waals surface area contributed by atoms with E-state index in [1.165, 1.54) is 29.8 Å². The third-order valence-electron chi connectivity index (χ3n) is 5.02. The van der Waals surface area contributed by atoms with E-state index in [1.54, 1.807) is 12.1 Å². The fraction of sp³-hybridized carbons (Fsp3) is 0.500. The van der Waals surface area contributed by atoms with Gasteiger partial charge in [-0.15, -0.1) is 0 Å². The monoisotopic (exact) mass is 315 g/mol. The second-order valence-corrected chi connectivity index (χ2v) is 6.62. The van der Waals surface area contributed by atoms with Crippen LogP contribution in [0.3, 0.4) is 0 Å². The van der Waals surface area contributed by atoms with Crippen LogP contribution in [0.1, 0.15) is 36.2 Å². The molecule has 5 heteroatoms. The van der Waals surface area contributed by atoms with Gasteiger partial charge in [-0.2, -0.15) is 5.10 Å². The van der Waals surface area contributed by atoms with Gasteiger partial charge in [0.05, 0.1) is 17.5 Å². The number of aromatic nitrogens is 2. The summed E-state index contributed by atoms with van der Waals surface area (Å²) in [6.07, 6.45) is 4.84. The van der Waals surface area contributed by atoms with Crippen LogP contribution in [0, 0.1) is 5.82 Å². The molecule has 122 valence electrons. The molecule has 2 heterocycles. The molecule has 0 atom stereocenters. The molecule has 1 aromatic carbocycles. The third kappa shape index (κ3) is 2.91. The van der Waals surface area contributed by atoms with Crippen molar-refractivity contribution >= 4 is 0 Å². The molecule has 0 spiro atoms. The Morgan fingerprint density at radius 1 is 1.13 bits per heavy atom. The highest BCUT2D eigenvalue weighted by molar-refractivity contribution is 5.40. The van der Waals surface area contributed by atoms with Crippen LogP contribution in [-0.2, 0) is 19.4 Å². The molecule has 1 saturated heterocycles. The molecule has 0 radical (unpaired) electrons. The molecule has 1 aliphatic heterocycles. The molecule has 0 saturated carbocycles. The SMILES string of the molecule is OC1CCN(Cc2nn(-c3ccc(F)cc3)c3c2CCC3)CC1. The molecule has 0 amide bonds. The van der Waals surface area contributed by atoms with Crippen LogP contribution in [0.5, 0.6) is 0 Å². The summed E-state index contributed by atoms with van der Waals surface area (Å²) in [5, 5.41) is 14.5. The molecule has 23 heavy (non-hydrogen) atoms. The highest BCUT2D eigenvalue weighted by Crippen LogP contribution is 2.29. The normalized spacial score (nSPS) is 19.2. The van der Waals surface area contributed by atoms with E-state index in [4.69, 9.17) is 5.10 Å². The summed E-state index contributed by atoms with van der Waals surface area (Å²) in [6.45, 7) is 2.71. The third-order valence-corrected chi connectivity index (χ3v) is 5.02. The van der Waals surface area contributed by atoms with E-state index in [0.29, 0.717) is 0 Å². The number of hydrogen-bond donors (Lipinski definition) is 1. The molecule has 1 fully saturated rings. The standard InChI is InChI=1S/C18H22FN3O/c19-13-4-6-14(7-5-13)22-18-3-1-2-16(18)17(20-22)12-21-10-8-15(23)9-11-21/h4-7,15,23H,1-3,8-12H2. The largest absolute Gasteiger partial charge is 0.393 e. The molecular weight excluding hydrogens is 293 g/mol. The maximum Gasteiger partial charge on any atom is 0.123 e. The lowest BCUT2D eigenvalue weighted by molar-refractivity contribution is 0.0785. The molecule has 0 unspecified atom stereocenters. The van der Waals surface area contributed by atoms with Crippen LogP contribution in [0.25, 0.3) is 5.69 Å². The lowest BCUT2D eigenvalue weighted by Crippen LogP contribution is -2.35. The molecule has 1 N–H and O–H groups in total. The molecule has 2 aromatic rings. The van der Waals surface area contributed by atoms with E-state index in [-0.39, 0.29) is 11.9 Å². The van der Waals surface area contributed by atoms with Gasteiger partial charge in [-0.1, -0.05) is 0 Å². The summed E-state index contributed by atoms with van der Waals surface area (Å²) < 4.78 is 15.2. The molecule has 4 nitrogen and oxygen atoms in total. The average molecular weight is 315 g/mol. The second-order valence-electron chi connectivity index (χ2n) is 6.62. The molecule has 2 aliphatic rings. The quantitative estimate of drug-likeness (QED) is 0.946. The fourth-order valence-corrected chi connectivity index (χ4v) is 3.73. The van der Waals surface area contributed by atoms with E-state index in [1.807, 2.05) is 4.68 Å². The Hall–Kier alpha value is -1.72. The number of halogens is 1. The minimum Gasteiger partial charge on any atom is -0.393 e. The minimum absolute atomic E-state index is 0.145. The first-order valence-corrected chi connectivity index (χ1v) is 8.47. The van der Waals surface area contributed by atoms with Crippen molar-refractivity contribution in [3.05, 3.63) is 47.0 Å². The van der Waals surface area contributed by atoms with Gasteiger partial charge >= 0.3 is 0 Å². The van der Waals surface area contributed by atoms with E-state index in [9.17, 15) is 9.50 Å². The highest BCUT2D eigenvalue weighted by Gasteiger charge is 2.25. The zero-order valence-corrected chi connectivity index (χ0v) is 13.2. The van der Waals surface area contributed by atoms with Gasteiger partial charge in [0.25, 0.3) is 0 Å². The van der Waals surface area contributed by atoms with Gasteiger partial charge in [0.15, 0.2) is 0 Å². The first kappa shape index (κ1) is 14.8. The van der Waals surface area contributed by atoms with Crippen molar-refractivity contribution in [3.8, 4) is 5.69 Å². The van der Waals surface area contributed by atoms with Crippen molar-refractivity contribution in [3.63, 3.8) is 0 Å². The fourth-order valence-electron chi connectivity index (χ4n) is 3.73. The zero-order valence-electron chi connectivity index (χ0n) is 13.2. The number of aliphatic hydroxyl groups is 1. The number of nitrogens with zero attached hydrogens (tertiary/aromatic N) is 3. The Bertz CT molecular complexity index is 687. The highest BCUT2D eigenvalue weighted by atomic mass is 19.1. The summed E-state index contributed by atoms with van der Waals surface area (Å²) in [4.78, 5) is 2.38. The van der Waals surface area contributed by atoms with Crippen molar-refractivity contribution in [2.24, 2.45) is 0 Å². The molecule has 0 bridgehead atoms. The molecule has 1 aliphatic carbocycles. The van der Waals surface area contributed by atoms with Gasteiger partial charge in [0, 0.05) is 25.3 Å². The van der Waals surface area contributed by atoms with E-state index in [0.717, 1.165) is 56.7 Å². The number of piperidine rings is 1. The van der Waals surface area contributed by atoms with Crippen LogP contribution in [0.15, 0.2) is 24.3 Å². The predicted octanol–water partition coefficient (Wildman–Crippen LogP) is 2.46. The number of benzene rings is 1. The summed E-state index contributed by atoms with van der Waals surface area (Å²) in [6, 6.07) is 6.57. The Labute approximate surface area is 135 Å². The Morgan fingerprint density at radius 3 is 2.61 bits per heavy atom. The van der Waals surface area contributed by atoms with Gasteiger partial charge < -0.3 is 5.11 Å². The van der Waals surface area contributed by atoms with Crippen LogP contribution in [0.4, 0.5) is 4.39 Å². The van der Waals surface area contributed by atoms with E-state index < -0.39 is 0 Å². The first-order valence-electron chi connectivity index (χ1n) is 8.47.